The van der Waals surface area contributed by atoms with Gasteiger partial charge in [0.05, 0.1) is 0 Å². The maximum atomic E-state index is 11.6. The van der Waals surface area contributed by atoms with Gasteiger partial charge in [-0.3, -0.25) is 4.79 Å². The van der Waals surface area contributed by atoms with Crippen LogP contribution in [0.5, 0.6) is 5.75 Å². The molecule has 1 aromatic carbocycles. The molecule has 0 saturated carbocycles. The summed E-state index contributed by atoms with van der Waals surface area (Å²) in [7, 11) is 1.63. The van der Waals surface area contributed by atoms with Crippen LogP contribution in [0.4, 0.5) is 0 Å². The molecule has 0 aliphatic carbocycles. The summed E-state index contributed by atoms with van der Waals surface area (Å²) in [5, 5.41) is 3.34. The maximum Gasteiger partial charge on any atom is 0.257 e. The van der Waals surface area contributed by atoms with Crippen LogP contribution in [-0.4, -0.2) is 32.8 Å². The van der Waals surface area contributed by atoms with Crippen molar-refractivity contribution in [3.05, 3.63) is 28.8 Å². The lowest BCUT2D eigenvalue weighted by molar-refractivity contribution is -0.123. The van der Waals surface area contributed by atoms with E-state index in [-0.39, 0.29) is 18.6 Å². The topological polar surface area (TPSA) is 73.6 Å². The number of rotatable bonds is 8. The molecule has 0 aliphatic heterocycles. The lowest BCUT2D eigenvalue weighted by Crippen LogP contribution is -2.30. The van der Waals surface area contributed by atoms with E-state index in [0.29, 0.717) is 23.9 Å². The highest BCUT2D eigenvalue weighted by atomic mass is 35.5. The summed E-state index contributed by atoms with van der Waals surface area (Å²) in [6.45, 7) is 2.97. The minimum absolute atomic E-state index is 0.0473. The van der Waals surface area contributed by atoms with Crippen LogP contribution in [0.15, 0.2) is 18.2 Å². The second-order valence-electron chi connectivity index (χ2n) is 4.46. The Balaban J connectivity index is 2.47. The number of nitrogens with two attached hydrogens (primary N) is 1. The van der Waals surface area contributed by atoms with Crippen molar-refractivity contribution in [3.63, 3.8) is 0 Å². The first-order chi connectivity index (χ1) is 9.54. The lowest BCUT2D eigenvalue weighted by atomic mass is 10.1. The molecular weight excluding hydrogens is 280 g/mol. The van der Waals surface area contributed by atoms with E-state index in [1.54, 1.807) is 25.3 Å². The fourth-order valence-electron chi connectivity index (χ4n) is 1.65. The number of nitrogens with one attached hydrogen (secondary N) is 1. The van der Waals surface area contributed by atoms with E-state index in [0.717, 1.165) is 12.0 Å². The summed E-state index contributed by atoms with van der Waals surface area (Å²) in [5.41, 5.74) is 6.63. The van der Waals surface area contributed by atoms with Gasteiger partial charge in [-0.2, -0.15) is 0 Å². The van der Waals surface area contributed by atoms with Crippen molar-refractivity contribution in [3.8, 4) is 5.75 Å². The van der Waals surface area contributed by atoms with Gasteiger partial charge in [-0.25, -0.2) is 0 Å². The number of amides is 1. The highest BCUT2D eigenvalue weighted by Crippen LogP contribution is 2.27. The molecule has 0 heterocycles. The number of hydrogen-bond donors (Lipinski definition) is 2. The number of benzene rings is 1. The third kappa shape index (κ3) is 5.77. The van der Waals surface area contributed by atoms with Crippen LogP contribution < -0.4 is 15.8 Å². The van der Waals surface area contributed by atoms with Crippen LogP contribution in [0.2, 0.25) is 5.02 Å². The van der Waals surface area contributed by atoms with E-state index < -0.39 is 0 Å². The zero-order valence-electron chi connectivity index (χ0n) is 11.8. The van der Waals surface area contributed by atoms with Gasteiger partial charge in [0.15, 0.2) is 6.61 Å². The highest BCUT2D eigenvalue weighted by molar-refractivity contribution is 6.30. The number of hydrogen-bond acceptors (Lipinski definition) is 4. The van der Waals surface area contributed by atoms with Crippen molar-refractivity contribution in [2.45, 2.75) is 19.4 Å². The summed E-state index contributed by atoms with van der Waals surface area (Å²) in [6, 6.07) is 4.96. The number of methoxy groups -OCH3 is 1. The van der Waals surface area contributed by atoms with Gasteiger partial charge < -0.3 is 20.5 Å². The van der Waals surface area contributed by atoms with Gasteiger partial charge in [-0.05, 0) is 31.5 Å². The van der Waals surface area contributed by atoms with E-state index in [4.69, 9.17) is 26.8 Å². The second-order valence-corrected chi connectivity index (χ2v) is 4.89. The van der Waals surface area contributed by atoms with Gasteiger partial charge in [0.2, 0.25) is 0 Å². The Hall–Kier alpha value is -1.30. The number of carbonyl (C=O) groups is 1. The predicted octanol–water partition coefficient (Wildman–Crippen LogP) is 1.89. The molecule has 0 spiro atoms. The van der Waals surface area contributed by atoms with Gasteiger partial charge >= 0.3 is 0 Å². The first-order valence-corrected chi connectivity index (χ1v) is 6.86. The quantitative estimate of drug-likeness (QED) is 0.719. The largest absolute Gasteiger partial charge is 0.483 e. The molecule has 20 heavy (non-hydrogen) atoms. The first kappa shape index (κ1) is 16.8. The summed E-state index contributed by atoms with van der Waals surface area (Å²) >= 11 is 5.92. The first-order valence-electron chi connectivity index (χ1n) is 6.48. The molecular formula is C14H21ClN2O3. The fraction of sp³-hybridized carbons (Fsp3) is 0.500. The Bertz CT molecular complexity index is 438. The average molecular weight is 301 g/mol. The van der Waals surface area contributed by atoms with Crippen LogP contribution >= 0.6 is 11.6 Å². The Morgan fingerprint density at radius 2 is 2.25 bits per heavy atom. The number of carbonyl (C=O) groups excluding carboxylic acids is 1. The van der Waals surface area contributed by atoms with E-state index in [1.165, 1.54) is 0 Å². The van der Waals surface area contributed by atoms with Crippen LogP contribution in [0.3, 0.4) is 0 Å². The minimum Gasteiger partial charge on any atom is -0.483 e. The average Bonchev–Trinajstić information content (AvgIpc) is 2.42. The molecule has 1 atom stereocenters. The Kier molecular flexibility index (Phi) is 7.36. The minimum atomic E-state index is -0.214. The smallest absolute Gasteiger partial charge is 0.257 e. The number of halogens is 1. The third-order valence-electron chi connectivity index (χ3n) is 2.67. The van der Waals surface area contributed by atoms with Crippen molar-refractivity contribution >= 4 is 17.5 Å². The monoisotopic (exact) mass is 300 g/mol. The summed E-state index contributed by atoms with van der Waals surface area (Å²) < 4.78 is 10.4. The Morgan fingerprint density at radius 3 is 2.90 bits per heavy atom. The molecule has 3 N–H and O–H groups in total. The molecule has 0 fully saturated rings. The Labute approximate surface area is 124 Å². The molecule has 1 aromatic rings. The predicted molar refractivity (Wildman–Crippen MR) is 79.1 cm³/mol. The zero-order chi connectivity index (χ0) is 15.0. The van der Waals surface area contributed by atoms with E-state index in [1.807, 2.05) is 6.92 Å². The molecule has 0 saturated heterocycles. The molecule has 6 heteroatoms. The highest BCUT2D eigenvalue weighted by Gasteiger charge is 2.10. The third-order valence-corrected chi connectivity index (χ3v) is 2.90. The Morgan fingerprint density at radius 1 is 1.50 bits per heavy atom. The molecule has 0 radical (unpaired) electrons. The van der Waals surface area contributed by atoms with E-state index in [9.17, 15) is 4.79 Å². The molecule has 1 unspecified atom stereocenters. The van der Waals surface area contributed by atoms with Gasteiger partial charge in [0.25, 0.3) is 5.91 Å². The van der Waals surface area contributed by atoms with Crippen LogP contribution in [0.25, 0.3) is 0 Å². The SMILES string of the molecule is COCCCNC(=O)COc1ccc(Cl)cc1C(C)N. The summed E-state index contributed by atoms with van der Waals surface area (Å²) in [5.74, 6) is 0.406. The second kappa shape index (κ2) is 8.79. The van der Waals surface area contributed by atoms with Gasteiger partial charge in [0.1, 0.15) is 5.75 Å². The number of ether oxygens (including phenoxy) is 2. The summed E-state index contributed by atoms with van der Waals surface area (Å²) in [4.78, 5) is 11.6. The van der Waals surface area contributed by atoms with Crippen molar-refractivity contribution in [1.82, 2.24) is 5.32 Å². The zero-order valence-corrected chi connectivity index (χ0v) is 12.6. The van der Waals surface area contributed by atoms with Crippen LogP contribution in [-0.2, 0) is 9.53 Å². The van der Waals surface area contributed by atoms with Crippen molar-refractivity contribution in [2.24, 2.45) is 5.73 Å². The van der Waals surface area contributed by atoms with Crippen molar-refractivity contribution in [1.29, 1.82) is 0 Å². The molecule has 0 bridgehead atoms. The molecule has 1 amide bonds. The summed E-state index contributed by atoms with van der Waals surface area (Å²) in [6.07, 6.45) is 0.772. The van der Waals surface area contributed by atoms with Gasteiger partial charge in [-0.1, -0.05) is 11.6 Å². The van der Waals surface area contributed by atoms with Gasteiger partial charge in [-0.15, -0.1) is 0 Å². The molecule has 0 aliphatic rings. The maximum absolute atomic E-state index is 11.6. The standard InChI is InChI=1S/C14H21ClN2O3/c1-10(16)12-8-11(15)4-5-13(12)20-9-14(18)17-6-3-7-19-2/h4-5,8,10H,3,6-7,9,16H2,1-2H3,(H,17,18). The lowest BCUT2D eigenvalue weighted by Gasteiger charge is -2.14. The fourth-order valence-corrected chi connectivity index (χ4v) is 1.83. The van der Waals surface area contributed by atoms with Crippen molar-refractivity contribution in [2.75, 3.05) is 26.9 Å². The van der Waals surface area contributed by atoms with Crippen LogP contribution in [0, 0.1) is 0 Å². The molecule has 0 aromatic heterocycles. The molecule has 1 rings (SSSR count). The van der Waals surface area contributed by atoms with Gasteiger partial charge in [0, 0.05) is 36.9 Å². The van der Waals surface area contributed by atoms with E-state index in [2.05, 4.69) is 5.32 Å². The molecule has 5 nitrogen and oxygen atoms in total. The molecule has 112 valence electrons. The van der Waals surface area contributed by atoms with Crippen molar-refractivity contribution < 1.29 is 14.3 Å². The normalized spacial score (nSPS) is 12.0. The van der Waals surface area contributed by atoms with Crippen LogP contribution in [0.1, 0.15) is 24.9 Å². The van der Waals surface area contributed by atoms with E-state index >= 15 is 0 Å².